The van der Waals surface area contributed by atoms with Crippen molar-refractivity contribution in [3.63, 3.8) is 0 Å². The summed E-state index contributed by atoms with van der Waals surface area (Å²) in [5.74, 6) is 0.361. The van der Waals surface area contributed by atoms with Crippen LogP contribution in [0.15, 0.2) is 72.1 Å². The third-order valence-corrected chi connectivity index (χ3v) is 6.33. The van der Waals surface area contributed by atoms with Gasteiger partial charge in [0.25, 0.3) is 10.0 Å². The first-order valence-electron chi connectivity index (χ1n) is 8.98. The van der Waals surface area contributed by atoms with Gasteiger partial charge < -0.3 is 4.74 Å². The minimum atomic E-state index is -3.95. The fourth-order valence-electron chi connectivity index (χ4n) is 2.89. The lowest BCUT2D eigenvalue weighted by Gasteiger charge is -2.15. The third kappa shape index (κ3) is 4.19. The lowest BCUT2D eigenvalue weighted by molar-refractivity contribution is 0.307. The number of benzene rings is 1. The second kappa shape index (κ2) is 8.25. The number of halogens is 1. The van der Waals surface area contributed by atoms with Gasteiger partial charge in [-0.1, -0.05) is 23.7 Å². The summed E-state index contributed by atoms with van der Waals surface area (Å²) in [6, 6.07) is 11.8. The van der Waals surface area contributed by atoms with Gasteiger partial charge in [0, 0.05) is 40.8 Å². The fourth-order valence-corrected chi connectivity index (χ4v) is 4.40. The number of nitrogens with one attached hydrogen (secondary N) is 1. The number of fused-ring (bicyclic) bond motifs is 1. The molecule has 1 N–H and O–H groups in total. The van der Waals surface area contributed by atoms with E-state index in [2.05, 4.69) is 19.7 Å². The number of hydrogen-bond acceptors (Lipinski definition) is 6. The molecule has 9 heteroatoms. The molecule has 30 heavy (non-hydrogen) atoms. The van der Waals surface area contributed by atoms with E-state index in [-0.39, 0.29) is 23.1 Å². The lowest BCUT2D eigenvalue weighted by atomic mass is 10.2. The number of sulfonamides is 1. The summed E-state index contributed by atoms with van der Waals surface area (Å²) in [6.07, 6.45) is 6.57. The fraction of sp³-hybridized carbons (Fsp3) is 0.0952. The number of nitrogens with zero attached hydrogens (tertiary/aromatic N) is 3. The largest absolute Gasteiger partial charge is 0.485 e. The Morgan fingerprint density at radius 2 is 1.90 bits per heavy atom. The van der Waals surface area contributed by atoms with Crippen molar-refractivity contribution in [2.24, 2.45) is 0 Å². The van der Waals surface area contributed by atoms with Gasteiger partial charge in [-0.2, -0.15) is 0 Å². The van der Waals surface area contributed by atoms with Gasteiger partial charge in [0.2, 0.25) is 0 Å². The van der Waals surface area contributed by atoms with E-state index in [1.54, 1.807) is 62.0 Å². The minimum Gasteiger partial charge on any atom is -0.485 e. The predicted octanol–water partition coefficient (Wildman–Crippen LogP) is 4.37. The molecule has 7 nitrogen and oxygen atoms in total. The second-order valence-corrected chi connectivity index (χ2v) is 8.58. The van der Waals surface area contributed by atoms with Gasteiger partial charge in [0.15, 0.2) is 11.6 Å². The summed E-state index contributed by atoms with van der Waals surface area (Å²) in [5, 5.41) is 1.09. The zero-order chi connectivity index (χ0) is 21.1. The van der Waals surface area contributed by atoms with Gasteiger partial charge in [0.05, 0.1) is 10.4 Å². The molecule has 0 spiro atoms. The van der Waals surface area contributed by atoms with Crippen molar-refractivity contribution in [3.05, 3.63) is 83.4 Å². The van der Waals surface area contributed by atoms with Crippen LogP contribution >= 0.6 is 11.6 Å². The Bertz CT molecular complexity index is 1310. The average molecular weight is 441 g/mol. The zero-order valence-electron chi connectivity index (χ0n) is 15.9. The quantitative estimate of drug-likeness (QED) is 0.478. The molecular weight excluding hydrogens is 424 g/mol. The molecule has 3 aromatic heterocycles. The topological polar surface area (TPSA) is 94.1 Å². The van der Waals surface area contributed by atoms with E-state index in [4.69, 9.17) is 16.3 Å². The van der Waals surface area contributed by atoms with E-state index >= 15 is 0 Å². The number of aromatic nitrogens is 3. The molecule has 4 rings (SSSR count). The molecule has 0 amide bonds. The molecule has 152 valence electrons. The molecule has 3 heterocycles. The van der Waals surface area contributed by atoms with Crippen molar-refractivity contribution < 1.29 is 13.2 Å². The Hall–Kier alpha value is -3.23. The molecule has 0 aliphatic rings. The van der Waals surface area contributed by atoms with Crippen LogP contribution in [0.3, 0.4) is 0 Å². The summed E-state index contributed by atoms with van der Waals surface area (Å²) >= 11 is 6.10. The number of rotatable bonds is 6. The molecule has 0 unspecified atom stereocenters. The Morgan fingerprint density at radius 1 is 1.07 bits per heavy atom. The molecule has 1 aromatic carbocycles. The number of ether oxygens (including phenoxy) is 1. The third-order valence-electron chi connectivity index (χ3n) is 4.44. The number of pyridine rings is 3. The zero-order valence-corrected chi connectivity index (χ0v) is 17.5. The van der Waals surface area contributed by atoms with Crippen LogP contribution in [0, 0.1) is 6.92 Å². The molecule has 0 atom stereocenters. The van der Waals surface area contributed by atoms with Crippen molar-refractivity contribution in [2.45, 2.75) is 18.4 Å². The highest BCUT2D eigenvalue weighted by molar-refractivity contribution is 7.92. The summed E-state index contributed by atoms with van der Waals surface area (Å²) in [7, 11) is -3.95. The van der Waals surface area contributed by atoms with Crippen LogP contribution in [0.25, 0.3) is 10.9 Å². The van der Waals surface area contributed by atoms with Crippen LogP contribution in [-0.4, -0.2) is 23.4 Å². The van der Waals surface area contributed by atoms with Crippen molar-refractivity contribution in [2.75, 3.05) is 4.72 Å². The Balaban J connectivity index is 1.73. The Labute approximate surface area is 178 Å². The predicted molar refractivity (Wildman–Crippen MR) is 115 cm³/mol. The van der Waals surface area contributed by atoms with Crippen LogP contribution in [0.1, 0.15) is 11.1 Å². The molecule has 4 aromatic rings. The van der Waals surface area contributed by atoms with E-state index in [1.165, 1.54) is 6.07 Å². The second-order valence-electron chi connectivity index (χ2n) is 6.52. The molecule has 0 radical (unpaired) electrons. The van der Waals surface area contributed by atoms with Crippen LogP contribution in [0.2, 0.25) is 5.02 Å². The molecule has 0 saturated heterocycles. The minimum absolute atomic E-state index is 0.0739. The molecule has 0 aliphatic carbocycles. The van der Waals surface area contributed by atoms with Gasteiger partial charge in [-0.15, -0.1) is 0 Å². The molecule has 0 aliphatic heterocycles. The average Bonchev–Trinajstić information content (AvgIpc) is 2.74. The number of anilines is 1. The highest BCUT2D eigenvalue weighted by Crippen LogP contribution is 2.31. The van der Waals surface area contributed by atoms with Gasteiger partial charge in [0.1, 0.15) is 6.61 Å². The smallest absolute Gasteiger partial charge is 0.263 e. The van der Waals surface area contributed by atoms with Crippen LogP contribution in [-0.2, 0) is 16.6 Å². The highest BCUT2D eigenvalue weighted by atomic mass is 35.5. The van der Waals surface area contributed by atoms with E-state index in [0.29, 0.717) is 16.1 Å². The van der Waals surface area contributed by atoms with Gasteiger partial charge >= 0.3 is 0 Å². The maximum Gasteiger partial charge on any atom is 0.263 e. The van der Waals surface area contributed by atoms with E-state index in [9.17, 15) is 8.42 Å². The van der Waals surface area contributed by atoms with E-state index in [0.717, 1.165) is 10.9 Å². The lowest BCUT2D eigenvalue weighted by Crippen LogP contribution is -2.16. The first-order valence-corrected chi connectivity index (χ1v) is 10.8. The molecule has 0 fully saturated rings. The maximum atomic E-state index is 13.0. The Morgan fingerprint density at radius 3 is 2.70 bits per heavy atom. The molecular formula is C21H17ClN4O3S. The summed E-state index contributed by atoms with van der Waals surface area (Å²) in [4.78, 5) is 12.7. The summed E-state index contributed by atoms with van der Waals surface area (Å²) in [5.41, 5.74) is 1.87. The SMILES string of the molecule is Cc1c(Cl)cccc1S(=O)(=O)Nc1nc2ccncc2cc1OCc1cccnc1. The van der Waals surface area contributed by atoms with Crippen molar-refractivity contribution >= 4 is 38.3 Å². The molecule has 0 saturated carbocycles. The summed E-state index contributed by atoms with van der Waals surface area (Å²) in [6.45, 7) is 1.85. The van der Waals surface area contributed by atoms with Crippen molar-refractivity contribution in [1.29, 1.82) is 0 Å². The van der Waals surface area contributed by atoms with Crippen LogP contribution in [0.5, 0.6) is 5.75 Å². The first kappa shape index (κ1) is 20.1. The standard InChI is InChI=1S/C21H17ClN4O3S/c1-14-17(22)5-2-6-20(14)30(27,28)26-21-19(29-13-15-4-3-8-23-11-15)10-16-12-24-9-7-18(16)25-21/h2-12H,13H2,1H3,(H,25,26). The van der Waals surface area contributed by atoms with Crippen LogP contribution in [0.4, 0.5) is 5.82 Å². The highest BCUT2D eigenvalue weighted by Gasteiger charge is 2.21. The monoisotopic (exact) mass is 440 g/mol. The van der Waals surface area contributed by atoms with Gasteiger partial charge in [-0.25, -0.2) is 13.4 Å². The van der Waals surface area contributed by atoms with E-state index in [1.807, 2.05) is 6.07 Å². The number of hydrogen-bond donors (Lipinski definition) is 1. The van der Waals surface area contributed by atoms with Crippen molar-refractivity contribution in [3.8, 4) is 5.75 Å². The van der Waals surface area contributed by atoms with E-state index < -0.39 is 10.0 Å². The maximum absolute atomic E-state index is 13.0. The van der Waals surface area contributed by atoms with Crippen molar-refractivity contribution in [1.82, 2.24) is 15.0 Å². The molecule has 0 bridgehead atoms. The van der Waals surface area contributed by atoms with Crippen LogP contribution < -0.4 is 9.46 Å². The normalized spacial score (nSPS) is 11.4. The van der Waals surface area contributed by atoms with Gasteiger partial charge in [-0.05, 0) is 42.8 Å². The first-order chi connectivity index (χ1) is 14.4. The van der Waals surface area contributed by atoms with Gasteiger partial charge in [-0.3, -0.25) is 14.7 Å². The Kier molecular flexibility index (Phi) is 5.52. The summed E-state index contributed by atoms with van der Waals surface area (Å²) < 4.78 is 34.5.